The number of carbonyl (C=O) groups is 2. The molecule has 0 saturated carbocycles. The van der Waals surface area contributed by atoms with E-state index in [-0.39, 0.29) is 23.0 Å². The summed E-state index contributed by atoms with van der Waals surface area (Å²) in [6.45, 7) is 9.74. The molecule has 0 spiro atoms. The van der Waals surface area contributed by atoms with Crippen LogP contribution in [0.15, 0.2) is 29.2 Å². The van der Waals surface area contributed by atoms with Gasteiger partial charge in [-0.1, -0.05) is 46.2 Å². The van der Waals surface area contributed by atoms with Crippen LogP contribution in [0.3, 0.4) is 0 Å². The summed E-state index contributed by atoms with van der Waals surface area (Å²) < 4.78 is 5.35. The van der Waals surface area contributed by atoms with Crippen LogP contribution in [0, 0.1) is 11.3 Å². The SMILES string of the molecule is CCCCNC(=O)[C@H](C)C[C@H](O)[C@@H](N)CC(C)(C)CC(=O)N1CC(COC)Sc2ccccc21. The Balaban J connectivity index is 1.95. The summed E-state index contributed by atoms with van der Waals surface area (Å²) in [6, 6.07) is 7.45. The third-order valence-corrected chi connectivity index (χ3v) is 7.49. The van der Waals surface area contributed by atoms with E-state index in [2.05, 4.69) is 12.2 Å². The molecule has 1 heterocycles. The van der Waals surface area contributed by atoms with E-state index in [1.54, 1.807) is 18.9 Å². The number of amides is 2. The molecule has 0 saturated heterocycles. The fraction of sp³-hybridized carbons (Fsp3) is 0.692. The molecule has 2 rings (SSSR count). The number of aliphatic hydroxyl groups is 1. The van der Waals surface area contributed by atoms with Crippen LogP contribution < -0.4 is 16.0 Å². The van der Waals surface area contributed by atoms with Crippen molar-refractivity contribution in [1.29, 1.82) is 0 Å². The van der Waals surface area contributed by atoms with E-state index >= 15 is 0 Å². The Bertz CT molecular complexity index is 804. The number of fused-ring (bicyclic) bond motifs is 1. The van der Waals surface area contributed by atoms with Gasteiger partial charge in [-0.3, -0.25) is 9.59 Å². The highest BCUT2D eigenvalue weighted by Crippen LogP contribution is 2.40. The van der Waals surface area contributed by atoms with Gasteiger partial charge >= 0.3 is 0 Å². The predicted molar refractivity (Wildman–Crippen MR) is 139 cm³/mol. The first kappa shape index (κ1) is 28.6. The molecule has 4 atom stereocenters. The highest BCUT2D eigenvalue weighted by atomic mass is 32.2. The number of nitrogens with two attached hydrogens (primary N) is 1. The first-order valence-electron chi connectivity index (χ1n) is 12.3. The van der Waals surface area contributed by atoms with E-state index in [1.807, 2.05) is 49.9 Å². The van der Waals surface area contributed by atoms with Crippen LogP contribution >= 0.6 is 11.8 Å². The lowest BCUT2D eigenvalue weighted by atomic mass is 9.80. The zero-order valence-corrected chi connectivity index (χ0v) is 22.2. The van der Waals surface area contributed by atoms with Crippen LogP contribution in [-0.2, 0) is 14.3 Å². The fourth-order valence-electron chi connectivity index (χ4n) is 4.37. The third-order valence-electron chi connectivity index (χ3n) is 6.27. The van der Waals surface area contributed by atoms with Crippen LogP contribution in [0.25, 0.3) is 0 Å². The summed E-state index contributed by atoms with van der Waals surface area (Å²) in [5.74, 6) is -0.326. The molecule has 0 bridgehead atoms. The number of carbonyl (C=O) groups excluding carboxylic acids is 2. The van der Waals surface area contributed by atoms with Crippen molar-refractivity contribution in [3.63, 3.8) is 0 Å². The first-order valence-corrected chi connectivity index (χ1v) is 13.2. The summed E-state index contributed by atoms with van der Waals surface area (Å²) in [5, 5.41) is 13.8. The normalized spacial score (nSPS) is 18.7. The number of methoxy groups -OCH3 is 1. The van der Waals surface area contributed by atoms with Crippen molar-refractivity contribution in [2.75, 3.05) is 31.7 Å². The Hall–Kier alpha value is -1.61. The van der Waals surface area contributed by atoms with Crippen molar-refractivity contribution in [3.8, 4) is 0 Å². The standard InChI is InChI=1S/C26H43N3O4S/c1-6-7-12-28-25(32)18(2)13-22(30)20(27)14-26(3,4)15-24(31)29-16-19(17-33-5)34-23-11-9-8-10-21(23)29/h8-11,18-20,22,30H,6-7,12-17,27H2,1-5H3,(H,28,32)/t18-,19?,20+,22+/m1/s1. The molecule has 0 aliphatic carbocycles. The Morgan fingerprint density at radius 3 is 2.74 bits per heavy atom. The van der Waals surface area contributed by atoms with Gasteiger partial charge < -0.3 is 25.8 Å². The van der Waals surface area contributed by atoms with Crippen LogP contribution in [-0.4, -0.2) is 61.1 Å². The molecule has 0 fully saturated rings. The molecule has 8 heteroatoms. The number of hydrogen-bond donors (Lipinski definition) is 3. The van der Waals surface area contributed by atoms with Crippen LogP contribution in [0.1, 0.15) is 59.8 Å². The molecule has 7 nitrogen and oxygen atoms in total. The lowest BCUT2D eigenvalue weighted by Crippen LogP contribution is -2.45. The van der Waals surface area contributed by atoms with E-state index in [0.717, 1.165) is 23.4 Å². The molecule has 1 aromatic rings. The molecule has 1 aliphatic heterocycles. The monoisotopic (exact) mass is 493 g/mol. The molecular weight excluding hydrogens is 450 g/mol. The molecule has 34 heavy (non-hydrogen) atoms. The number of nitrogens with one attached hydrogen (secondary N) is 1. The van der Waals surface area contributed by atoms with Crippen LogP contribution in [0.5, 0.6) is 0 Å². The van der Waals surface area contributed by atoms with Gasteiger partial charge in [0.1, 0.15) is 0 Å². The third kappa shape index (κ3) is 8.56. The summed E-state index contributed by atoms with van der Waals surface area (Å²) in [4.78, 5) is 28.6. The van der Waals surface area contributed by atoms with Crippen molar-refractivity contribution in [3.05, 3.63) is 24.3 Å². The van der Waals surface area contributed by atoms with Gasteiger partial charge in [-0.25, -0.2) is 0 Å². The molecule has 0 aromatic heterocycles. The van der Waals surface area contributed by atoms with E-state index in [1.165, 1.54) is 0 Å². The van der Waals surface area contributed by atoms with Gasteiger partial charge in [0.15, 0.2) is 0 Å². The van der Waals surface area contributed by atoms with E-state index in [9.17, 15) is 14.7 Å². The number of ether oxygens (including phenoxy) is 1. The van der Waals surface area contributed by atoms with Gasteiger partial charge in [0.2, 0.25) is 11.8 Å². The summed E-state index contributed by atoms with van der Waals surface area (Å²) >= 11 is 1.74. The Morgan fingerprint density at radius 1 is 1.35 bits per heavy atom. The number of para-hydroxylation sites is 1. The number of anilines is 1. The van der Waals surface area contributed by atoms with Gasteiger partial charge in [-0.05, 0) is 36.8 Å². The molecule has 1 aromatic carbocycles. The zero-order chi connectivity index (χ0) is 25.3. The van der Waals surface area contributed by atoms with Gasteiger partial charge in [0, 0.05) is 43.5 Å². The lowest BCUT2D eigenvalue weighted by molar-refractivity contribution is -0.125. The van der Waals surface area contributed by atoms with Gasteiger partial charge in [0.25, 0.3) is 0 Å². The summed E-state index contributed by atoms with van der Waals surface area (Å²) in [5.41, 5.74) is 6.87. The molecule has 0 radical (unpaired) electrons. The van der Waals surface area contributed by atoms with Crippen LogP contribution in [0.4, 0.5) is 5.69 Å². The van der Waals surface area contributed by atoms with E-state index < -0.39 is 17.6 Å². The van der Waals surface area contributed by atoms with Gasteiger partial charge in [0.05, 0.1) is 23.6 Å². The molecule has 1 aliphatic rings. The topological polar surface area (TPSA) is 105 Å². The Kier molecular flexibility index (Phi) is 11.3. The maximum atomic E-state index is 13.4. The highest BCUT2D eigenvalue weighted by molar-refractivity contribution is 8.00. The number of benzene rings is 1. The Labute approximate surface area is 209 Å². The second-order valence-electron chi connectivity index (χ2n) is 10.2. The minimum atomic E-state index is -0.806. The van der Waals surface area contributed by atoms with E-state index in [4.69, 9.17) is 10.5 Å². The molecular formula is C26H43N3O4S. The minimum Gasteiger partial charge on any atom is -0.391 e. The van der Waals surface area contributed by atoms with Crippen molar-refractivity contribution in [2.24, 2.45) is 17.1 Å². The quantitative estimate of drug-likeness (QED) is 0.363. The maximum Gasteiger partial charge on any atom is 0.227 e. The number of thioether (sulfide) groups is 1. The maximum absolute atomic E-state index is 13.4. The number of rotatable bonds is 13. The highest BCUT2D eigenvalue weighted by Gasteiger charge is 2.34. The lowest BCUT2D eigenvalue weighted by Gasteiger charge is -2.37. The van der Waals surface area contributed by atoms with Crippen LogP contribution in [0.2, 0.25) is 0 Å². The first-order chi connectivity index (χ1) is 16.1. The fourth-order valence-corrected chi connectivity index (χ4v) is 5.61. The van der Waals surface area contributed by atoms with Crippen molar-refractivity contribution < 1.29 is 19.4 Å². The number of nitrogens with zero attached hydrogens (tertiary/aromatic N) is 1. The summed E-state index contributed by atoms with van der Waals surface area (Å²) in [7, 11) is 1.68. The number of unbranched alkanes of at least 4 members (excludes halogenated alkanes) is 1. The summed E-state index contributed by atoms with van der Waals surface area (Å²) in [6.07, 6.45) is 2.26. The van der Waals surface area contributed by atoms with E-state index in [0.29, 0.717) is 39.0 Å². The molecule has 192 valence electrons. The molecule has 2 amide bonds. The second kappa shape index (κ2) is 13.5. The van der Waals surface area contributed by atoms with Crippen molar-refractivity contribution in [2.45, 2.75) is 82.1 Å². The molecule has 4 N–H and O–H groups in total. The average molecular weight is 494 g/mol. The zero-order valence-electron chi connectivity index (χ0n) is 21.4. The van der Waals surface area contributed by atoms with Gasteiger partial charge in [-0.15, -0.1) is 11.8 Å². The Morgan fingerprint density at radius 2 is 2.06 bits per heavy atom. The van der Waals surface area contributed by atoms with Crippen molar-refractivity contribution >= 4 is 29.3 Å². The van der Waals surface area contributed by atoms with Crippen molar-refractivity contribution in [1.82, 2.24) is 5.32 Å². The smallest absolute Gasteiger partial charge is 0.227 e. The second-order valence-corrected chi connectivity index (χ2v) is 11.6. The number of hydrogen-bond acceptors (Lipinski definition) is 6. The minimum absolute atomic E-state index is 0.0456. The van der Waals surface area contributed by atoms with Gasteiger partial charge in [-0.2, -0.15) is 0 Å². The average Bonchev–Trinajstić information content (AvgIpc) is 2.78. The molecule has 1 unspecified atom stereocenters. The predicted octanol–water partition coefficient (Wildman–Crippen LogP) is 3.58. The number of aliphatic hydroxyl groups excluding tert-OH is 1. The largest absolute Gasteiger partial charge is 0.391 e.